The van der Waals surface area contributed by atoms with Crippen LogP contribution in [0.4, 0.5) is 10.5 Å². The first-order valence-corrected chi connectivity index (χ1v) is 7.97. The fourth-order valence-corrected chi connectivity index (χ4v) is 2.59. The van der Waals surface area contributed by atoms with E-state index >= 15 is 0 Å². The fraction of sp³-hybridized carbons (Fsp3) is 0.333. The van der Waals surface area contributed by atoms with Crippen molar-refractivity contribution < 1.29 is 14.6 Å². The van der Waals surface area contributed by atoms with Crippen LogP contribution in [-0.4, -0.2) is 40.2 Å². The van der Waals surface area contributed by atoms with Gasteiger partial charge in [-0.3, -0.25) is 0 Å². The lowest BCUT2D eigenvalue weighted by molar-refractivity contribution is 0.176. The molecule has 1 fully saturated rings. The lowest BCUT2D eigenvalue weighted by atomic mass is 10.1. The van der Waals surface area contributed by atoms with Gasteiger partial charge in [0.25, 0.3) is 0 Å². The molecule has 2 aromatic rings. The lowest BCUT2D eigenvalue weighted by Gasteiger charge is -2.16. The van der Waals surface area contributed by atoms with E-state index in [4.69, 9.17) is 4.74 Å². The molecule has 1 atom stereocenters. The second kappa shape index (κ2) is 6.88. The minimum atomic E-state index is -0.429. The largest absolute Gasteiger partial charge is 0.439 e. The van der Waals surface area contributed by atoms with Gasteiger partial charge in [-0.05, 0) is 43.5 Å². The molecule has 0 bridgehead atoms. The van der Waals surface area contributed by atoms with E-state index in [0.717, 1.165) is 16.9 Å². The summed E-state index contributed by atoms with van der Waals surface area (Å²) in [5, 5.41) is 12.3. The van der Waals surface area contributed by atoms with E-state index in [1.165, 1.54) is 0 Å². The molecule has 1 aromatic heterocycles. The summed E-state index contributed by atoms with van der Waals surface area (Å²) in [7, 11) is 0. The first-order chi connectivity index (χ1) is 11.5. The van der Waals surface area contributed by atoms with Gasteiger partial charge in [0.2, 0.25) is 5.88 Å². The second-order valence-electron chi connectivity index (χ2n) is 6.00. The molecule has 6 nitrogen and oxygen atoms in total. The average molecular weight is 327 g/mol. The molecule has 1 saturated heterocycles. The maximum absolute atomic E-state index is 12.1. The number of pyridine rings is 1. The van der Waals surface area contributed by atoms with E-state index in [9.17, 15) is 9.90 Å². The van der Waals surface area contributed by atoms with Crippen LogP contribution in [-0.2, 0) is 0 Å². The third-order valence-electron chi connectivity index (χ3n) is 4.21. The molecule has 0 saturated carbocycles. The zero-order chi connectivity index (χ0) is 17.1. The van der Waals surface area contributed by atoms with E-state index in [0.29, 0.717) is 31.1 Å². The van der Waals surface area contributed by atoms with Gasteiger partial charge >= 0.3 is 6.03 Å². The highest BCUT2D eigenvalue weighted by Crippen LogP contribution is 2.26. The number of aliphatic hydroxyl groups is 1. The molecule has 2 amide bonds. The molecule has 1 aliphatic heterocycles. The van der Waals surface area contributed by atoms with Crippen LogP contribution >= 0.6 is 0 Å². The quantitative estimate of drug-likeness (QED) is 0.908. The van der Waals surface area contributed by atoms with E-state index in [2.05, 4.69) is 10.3 Å². The Morgan fingerprint density at radius 2 is 2.17 bits per heavy atom. The lowest BCUT2D eigenvalue weighted by Crippen LogP contribution is -2.33. The molecule has 6 heteroatoms. The van der Waals surface area contributed by atoms with Gasteiger partial charge in [0.15, 0.2) is 0 Å². The zero-order valence-corrected chi connectivity index (χ0v) is 13.8. The van der Waals surface area contributed by atoms with Crippen molar-refractivity contribution in [3.05, 3.63) is 47.7 Å². The number of nitrogens with zero attached hydrogens (tertiary/aromatic N) is 2. The summed E-state index contributed by atoms with van der Waals surface area (Å²) in [5.41, 5.74) is 2.82. The third kappa shape index (κ3) is 3.65. The number of aliphatic hydroxyl groups excluding tert-OH is 1. The Balaban J connectivity index is 1.63. The van der Waals surface area contributed by atoms with Gasteiger partial charge in [0.1, 0.15) is 5.75 Å². The highest BCUT2D eigenvalue weighted by Gasteiger charge is 2.24. The van der Waals surface area contributed by atoms with Crippen molar-refractivity contribution in [2.75, 3.05) is 18.4 Å². The van der Waals surface area contributed by atoms with Crippen LogP contribution < -0.4 is 10.1 Å². The summed E-state index contributed by atoms with van der Waals surface area (Å²) in [6, 6.07) is 9.11. The van der Waals surface area contributed by atoms with E-state index in [1.807, 2.05) is 32.0 Å². The molecule has 24 heavy (non-hydrogen) atoms. The number of aryl methyl sites for hydroxylation is 1. The number of amides is 2. The van der Waals surface area contributed by atoms with Crippen LogP contribution in [0.3, 0.4) is 0 Å². The number of rotatable bonds is 3. The van der Waals surface area contributed by atoms with E-state index in [1.54, 1.807) is 23.2 Å². The maximum Gasteiger partial charge on any atom is 0.321 e. The Morgan fingerprint density at radius 1 is 1.33 bits per heavy atom. The van der Waals surface area contributed by atoms with Crippen LogP contribution in [0.5, 0.6) is 11.6 Å². The van der Waals surface area contributed by atoms with Crippen molar-refractivity contribution >= 4 is 11.7 Å². The molecule has 2 heterocycles. The Bertz CT molecular complexity index is 731. The van der Waals surface area contributed by atoms with E-state index in [-0.39, 0.29) is 6.03 Å². The Labute approximate surface area is 141 Å². The van der Waals surface area contributed by atoms with Crippen molar-refractivity contribution in [3.8, 4) is 11.6 Å². The fourth-order valence-electron chi connectivity index (χ4n) is 2.59. The van der Waals surface area contributed by atoms with Crippen molar-refractivity contribution in [1.29, 1.82) is 0 Å². The predicted octanol–water partition coefficient (Wildman–Crippen LogP) is 3.09. The number of carbonyl (C=O) groups is 1. The number of hydrogen-bond acceptors (Lipinski definition) is 4. The maximum atomic E-state index is 12.1. The standard InChI is InChI=1S/C18H21N3O3/c1-12-4-3-5-16(13(12)2)24-17-7-6-14(10-19-17)20-18(23)21-9-8-15(22)11-21/h3-7,10,15,22H,8-9,11H2,1-2H3,(H,20,23)/t15-/m1/s1. The Kier molecular flexibility index (Phi) is 4.66. The van der Waals surface area contributed by atoms with Crippen LogP contribution in [0.2, 0.25) is 0 Å². The number of β-amino-alcohol motifs (C(OH)–C–C–N with tert-alkyl or cyclic N) is 1. The molecule has 126 valence electrons. The van der Waals surface area contributed by atoms with Gasteiger partial charge in [-0.15, -0.1) is 0 Å². The number of anilines is 1. The number of urea groups is 1. The molecule has 1 aliphatic rings. The number of benzene rings is 1. The number of aromatic nitrogens is 1. The predicted molar refractivity (Wildman–Crippen MR) is 91.4 cm³/mol. The van der Waals surface area contributed by atoms with Gasteiger partial charge in [0.05, 0.1) is 18.0 Å². The van der Waals surface area contributed by atoms with E-state index < -0.39 is 6.10 Å². The summed E-state index contributed by atoms with van der Waals surface area (Å²) in [5.74, 6) is 1.24. The molecule has 2 N–H and O–H groups in total. The second-order valence-corrected chi connectivity index (χ2v) is 6.00. The molecule has 0 spiro atoms. The minimum Gasteiger partial charge on any atom is -0.439 e. The number of hydrogen-bond donors (Lipinski definition) is 2. The third-order valence-corrected chi connectivity index (χ3v) is 4.21. The van der Waals surface area contributed by atoms with Crippen LogP contribution in [0.15, 0.2) is 36.5 Å². The minimum absolute atomic E-state index is 0.225. The number of carbonyl (C=O) groups excluding carboxylic acids is 1. The first-order valence-electron chi connectivity index (χ1n) is 7.97. The molecule has 0 aliphatic carbocycles. The van der Waals surface area contributed by atoms with Gasteiger partial charge < -0.3 is 20.1 Å². The van der Waals surface area contributed by atoms with Crippen molar-refractivity contribution in [2.24, 2.45) is 0 Å². The summed E-state index contributed by atoms with van der Waals surface area (Å²) in [6.45, 7) is 4.97. The number of ether oxygens (including phenoxy) is 1. The molecular formula is C18H21N3O3. The molecule has 0 radical (unpaired) electrons. The number of likely N-dealkylation sites (tertiary alicyclic amines) is 1. The Morgan fingerprint density at radius 3 is 2.83 bits per heavy atom. The molecule has 0 unspecified atom stereocenters. The summed E-state index contributed by atoms with van der Waals surface area (Å²) in [4.78, 5) is 17.9. The normalized spacial score (nSPS) is 17.0. The zero-order valence-electron chi connectivity index (χ0n) is 13.8. The first kappa shape index (κ1) is 16.3. The van der Waals surface area contributed by atoms with Crippen LogP contribution in [0, 0.1) is 13.8 Å². The van der Waals surface area contributed by atoms with Crippen LogP contribution in [0.25, 0.3) is 0 Å². The van der Waals surface area contributed by atoms with Crippen molar-refractivity contribution in [2.45, 2.75) is 26.4 Å². The highest BCUT2D eigenvalue weighted by molar-refractivity contribution is 5.89. The Hall–Kier alpha value is -2.60. The molecular weight excluding hydrogens is 306 g/mol. The van der Waals surface area contributed by atoms with Gasteiger partial charge in [-0.2, -0.15) is 0 Å². The summed E-state index contributed by atoms with van der Waals surface area (Å²) < 4.78 is 5.80. The average Bonchev–Trinajstić information content (AvgIpc) is 3.00. The van der Waals surface area contributed by atoms with Gasteiger partial charge in [-0.25, -0.2) is 9.78 Å². The van der Waals surface area contributed by atoms with Crippen LogP contribution in [0.1, 0.15) is 17.5 Å². The smallest absolute Gasteiger partial charge is 0.321 e. The van der Waals surface area contributed by atoms with Crippen molar-refractivity contribution in [3.63, 3.8) is 0 Å². The topological polar surface area (TPSA) is 74.7 Å². The highest BCUT2D eigenvalue weighted by atomic mass is 16.5. The van der Waals surface area contributed by atoms with Crippen molar-refractivity contribution in [1.82, 2.24) is 9.88 Å². The van der Waals surface area contributed by atoms with Gasteiger partial charge in [0, 0.05) is 19.2 Å². The monoisotopic (exact) mass is 327 g/mol. The molecule has 3 rings (SSSR count). The SMILES string of the molecule is Cc1cccc(Oc2ccc(NC(=O)N3CC[C@@H](O)C3)cn2)c1C. The number of nitrogens with one attached hydrogen (secondary N) is 1. The summed E-state index contributed by atoms with van der Waals surface area (Å²) in [6.07, 6.45) is 1.75. The summed E-state index contributed by atoms with van der Waals surface area (Å²) >= 11 is 0. The molecule has 1 aromatic carbocycles. The van der Waals surface area contributed by atoms with Gasteiger partial charge in [-0.1, -0.05) is 12.1 Å².